The standard InChI is InChI=1S/C7H11BrN4O3S/c1-9-7(13)4-12-3-6(2-10-12)11-16(14,15)5-8/h2-3,11H,4-5H2,1H3,(H,9,13). The zero-order chi connectivity index (χ0) is 12.2. The van der Waals surface area contributed by atoms with Gasteiger partial charge >= 0.3 is 0 Å². The van der Waals surface area contributed by atoms with Crippen LogP contribution in [0.4, 0.5) is 5.69 Å². The van der Waals surface area contributed by atoms with E-state index in [1.807, 2.05) is 0 Å². The van der Waals surface area contributed by atoms with Gasteiger partial charge in [0.2, 0.25) is 15.9 Å². The molecule has 90 valence electrons. The number of carbonyl (C=O) groups is 1. The molecule has 0 saturated heterocycles. The Bertz CT molecular complexity index is 470. The number of amides is 1. The molecule has 0 fully saturated rings. The molecule has 9 heteroatoms. The largest absolute Gasteiger partial charge is 0.358 e. The minimum Gasteiger partial charge on any atom is -0.358 e. The second kappa shape index (κ2) is 5.30. The number of sulfonamides is 1. The fourth-order valence-electron chi connectivity index (χ4n) is 0.936. The highest BCUT2D eigenvalue weighted by Gasteiger charge is 2.09. The predicted octanol–water partition coefficient (Wildman–Crippen LogP) is -0.277. The number of alkyl halides is 1. The van der Waals surface area contributed by atoms with Gasteiger partial charge in [0.15, 0.2) is 0 Å². The van der Waals surface area contributed by atoms with E-state index >= 15 is 0 Å². The zero-order valence-corrected chi connectivity index (χ0v) is 10.9. The summed E-state index contributed by atoms with van der Waals surface area (Å²) in [5.41, 5.74) is 0.323. The summed E-state index contributed by atoms with van der Waals surface area (Å²) in [5.74, 6) is -0.210. The van der Waals surface area contributed by atoms with Crippen LogP contribution in [0.1, 0.15) is 0 Å². The van der Waals surface area contributed by atoms with Gasteiger partial charge in [-0.05, 0) is 0 Å². The Morgan fingerprint density at radius 2 is 2.31 bits per heavy atom. The average Bonchev–Trinajstić information content (AvgIpc) is 2.64. The van der Waals surface area contributed by atoms with Crippen molar-refractivity contribution < 1.29 is 13.2 Å². The number of nitrogens with zero attached hydrogens (tertiary/aromatic N) is 2. The molecule has 0 bridgehead atoms. The number of hydrogen-bond donors (Lipinski definition) is 2. The lowest BCUT2D eigenvalue weighted by Gasteiger charge is -2.01. The van der Waals surface area contributed by atoms with Gasteiger partial charge in [-0.2, -0.15) is 5.10 Å². The van der Waals surface area contributed by atoms with Crippen molar-refractivity contribution in [3.63, 3.8) is 0 Å². The molecule has 0 atom stereocenters. The minimum absolute atomic E-state index is 0.0482. The molecule has 0 saturated carbocycles. The Morgan fingerprint density at radius 3 is 2.88 bits per heavy atom. The zero-order valence-electron chi connectivity index (χ0n) is 8.47. The molecule has 1 amide bonds. The van der Waals surface area contributed by atoms with E-state index in [4.69, 9.17) is 0 Å². The third-order valence-corrected chi connectivity index (χ3v) is 4.28. The predicted molar refractivity (Wildman–Crippen MR) is 62.6 cm³/mol. The molecule has 1 heterocycles. The number of aromatic nitrogens is 2. The highest BCUT2D eigenvalue weighted by atomic mass is 79.9. The summed E-state index contributed by atoms with van der Waals surface area (Å²) in [6, 6.07) is 0. The normalized spacial score (nSPS) is 11.1. The fourth-order valence-corrected chi connectivity index (χ4v) is 1.80. The summed E-state index contributed by atoms with van der Waals surface area (Å²) < 4.78 is 25.8. The summed E-state index contributed by atoms with van der Waals surface area (Å²) in [6.45, 7) is 0.0482. The highest BCUT2D eigenvalue weighted by molar-refractivity contribution is 9.10. The van der Waals surface area contributed by atoms with Crippen LogP contribution in [-0.2, 0) is 21.4 Å². The summed E-state index contributed by atoms with van der Waals surface area (Å²) in [4.78, 5) is 11.0. The molecule has 1 rings (SSSR count). The van der Waals surface area contributed by atoms with Crippen LogP contribution in [0.2, 0.25) is 0 Å². The average molecular weight is 311 g/mol. The monoisotopic (exact) mass is 310 g/mol. The minimum atomic E-state index is -3.38. The van der Waals surface area contributed by atoms with Gasteiger partial charge in [-0.15, -0.1) is 0 Å². The van der Waals surface area contributed by atoms with Gasteiger partial charge in [0, 0.05) is 13.2 Å². The van der Waals surface area contributed by atoms with E-state index in [1.54, 1.807) is 0 Å². The van der Waals surface area contributed by atoms with E-state index in [9.17, 15) is 13.2 Å². The number of halogens is 1. The first-order chi connectivity index (χ1) is 7.46. The summed E-state index contributed by atoms with van der Waals surface area (Å²) in [5, 5.41) is 6.27. The molecule has 1 aromatic rings. The molecule has 7 nitrogen and oxygen atoms in total. The van der Waals surface area contributed by atoms with Crippen molar-refractivity contribution in [2.45, 2.75) is 6.54 Å². The lowest BCUT2D eigenvalue weighted by Crippen LogP contribution is -2.23. The Labute approximate surface area is 101 Å². The second-order valence-corrected chi connectivity index (χ2v) is 5.95. The van der Waals surface area contributed by atoms with Gasteiger partial charge in [-0.3, -0.25) is 14.2 Å². The Kier molecular flexibility index (Phi) is 4.30. The maximum Gasteiger partial charge on any atom is 0.242 e. The number of rotatable bonds is 5. The number of hydrogen-bond acceptors (Lipinski definition) is 4. The maximum atomic E-state index is 11.2. The molecule has 1 aromatic heterocycles. The second-order valence-electron chi connectivity index (χ2n) is 2.93. The van der Waals surface area contributed by atoms with Gasteiger partial charge in [-0.25, -0.2) is 8.42 Å². The molecular formula is C7H11BrN4O3S. The Hall–Kier alpha value is -1.09. The summed E-state index contributed by atoms with van der Waals surface area (Å²) in [7, 11) is -1.87. The van der Waals surface area contributed by atoms with Crippen LogP contribution < -0.4 is 10.0 Å². The van der Waals surface area contributed by atoms with Crippen molar-refractivity contribution >= 4 is 37.5 Å². The Morgan fingerprint density at radius 1 is 1.62 bits per heavy atom. The molecule has 0 spiro atoms. The molecule has 2 N–H and O–H groups in total. The van der Waals surface area contributed by atoms with Crippen LogP contribution >= 0.6 is 15.9 Å². The number of nitrogens with one attached hydrogen (secondary N) is 2. The van der Waals surface area contributed by atoms with Crippen molar-refractivity contribution in [2.24, 2.45) is 0 Å². The van der Waals surface area contributed by atoms with Crippen LogP contribution in [-0.4, -0.2) is 35.8 Å². The topological polar surface area (TPSA) is 93.1 Å². The lowest BCUT2D eigenvalue weighted by molar-refractivity contribution is -0.121. The van der Waals surface area contributed by atoms with Crippen LogP contribution in [0.15, 0.2) is 12.4 Å². The van der Waals surface area contributed by atoms with E-state index in [0.29, 0.717) is 5.69 Å². The van der Waals surface area contributed by atoms with Crippen molar-refractivity contribution in [3.05, 3.63) is 12.4 Å². The van der Waals surface area contributed by atoms with E-state index < -0.39 is 10.0 Å². The number of carbonyl (C=O) groups excluding carboxylic acids is 1. The molecule has 0 aliphatic rings. The molecule has 0 aliphatic heterocycles. The van der Waals surface area contributed by atoms with Gasteiger partial charge in [0.25, 0.3) is 0 Å². The lowest BCUT2D eigenvalue weighted by atomic mass is 10.6. The van der Waals surface area contributed by atoms with Crippen molar-refractivity contribution in [1.29, 1.82) is 0 Å². The first-order valence-electron chi connectivity index (χ1n) is 4.26. The van der Waals surface area contributed by atoms with E-state index in [0.717, 1.165) is 0 Å². The molecule has 16 heavy (non-hydrogen) atoms. The quantitative estimate of drug-likeness (QED) is 0.732. The maximum absolute atomic E-state index is 11.2. The van der Waals surface area contributed by atoms with Crippen LogP contribution in [0.3, 0.4) is 0 Å². The fraction of sp³-hybridized carbons (Fsp3) is 0.429. The first-order valence-corrected chi connectivity index (χ1v) is 7.03. The van der Waals surface area contributed by atoms with E-state index in [-0.39, 0.29) is 17.1 Å². The highest BCUT2D eigenvalue weighted by Crippen LogP contribution is 2.08. The molecule has 0 aromatic carbocycles. The smallest absolute Gasteiger partial charge is 0.242 e. The Balaban J connectivity index is 2.69. The summed E-state index contributed by atoms with van der Waals surface area (Å²) in [6.07, 6.45) is 2.78. The van der Waals surface area contributed by atoms with Crippen molar-refractivity contribution in [2.75, 3.05) is 16.4 Å². The van der Waals surface area contributed by atoms with E-state index in [2.05, 4.69) is 31.1 Å². The van der Waals surface area contributed by atoms with E-state index in [1.165, 1.54) is 24.1 Å². The number of likely N-dealkylation sites (N-methyl/N-ethyl adjacent to an activating group) is 1. The van der Waals surface area contributed by atoms with Crippen molar-refractivity contribution in [3.8, 4) is 0 Å². The third kappa shape index (κ3) is 3.81. The first kappa shape index (κ1) is 13.0. The van der Waals surface area contributed by atoms with Crippen LogP contribution in [0.5, 0.6) is 0 Å². The van der Waals surface area contributed by atoms with Crippen LogP contribution in [0.25, 0.3) is 0 Å². The number of anilines is 1. The molecule has 0 unspecified atom stereocenters. The molecular weight excluding hydrogens is 300 g/mol. The van der Waals surface area contributed by atoms with Crippen LogP contribution in [0, 0.1) is 0 Å². The van der Waals surface area contributed by atoms with Gasteiger partial charge in [0.05, 0.1) is 11.9 Å². The summed E-state index contributed by atoms with van der Waals surface area (Å²) >= 11 is 2.84. The third-order valence-electron chi connectivity index (χ3n) is 1.63. The SMILES string of the molecule is CNC(=O)Cn1cc(NS(=O)(=O)CBr)cn1. The molecule has 0 radical (unpaired) electrons. The van der Waals surface area contributed by atoms with Gasteiger partial charge in [0.1, 0.15) is 11.2 Å². The van der Waals surface area contributed by atoms with Gasteiger partial charge < -0.3 is 5.32 Å². The van der Waals surface area contributed by atoms with Crippen molar-refractivity contribution in [1.82, 2.24) is 15.1 Å². The van der Waals surface area contributed by atoms with Gasteiger partial charge in [-0.1, -0.05) is 15.9 Å². The molecule has 0 aliphatic carbocycles.